The highest BCUT2D eigenvalue weighted by Gasteiger charge is 2.35. The second-order valence-electron chi connectivity index (χ2n) is 2.41. The van der Waals surface area contributed by atoms with Crippen LogP contribution in [0.1, 0.15) is 0 Å². The summed E-state index contributed by atoms with van der Waals surface area (Å²) in [5.74, 6) is -1.15. The van der Waals surface area contributed by atoms with Gasteiger partial charge in [0.15, 0.2) is 5.75 Å². The molecule has 0 N–H and O–H groups in total. The largest absolute Gasteiger partial charge is 0.573 e. The summed E-state index contributed by atoms with van der Waals surface area (Å²) in [4.78, 5) is 3.17. The lowest BCUT2D eigenvalue weighted by Crippen LogP contribution is -2.19. The molecule has 0 aliphatic heterocycles. The van der Waals surface area contributed by atoms with Crippen LogP contribution >= 0.6 is 22.3 Å². The van der Waals surface area contributed by atoms with Crippen molar-refractivity contribution in [1.29, 1.82) is 0 Å². The molecule has 0 aliphatic carbocycles. The first kappa shape index (κ1) is 13.3. The van der Waals surface area contributed by atoms with E-state index < -0.39 is 31.2 Å². The lowest BCUT2D eigenvalue weighted by Gasteiger charge is -2.11. The summed E-state index contributed by atoms with van der Waals surface area (Å²) in [5, 5.41) is -1.65. The molecule has 0 unspecified atom stereocenters. The van der Waals surface area contributed by atoms with Gasteiger partial charge in [-0.2, -0.15) is 0 Å². The smallest absolute Gasteiger partial charge is 0.401 e. The van der Waals surface area contributed by atoms with E-state index in [-0.39, 0.29) is 0 Å². The van der Waals surface area contributed by atoms with Crippen molar-refractivity contribution in [2.45, 2.75) is 11.4 Å². The van der Waals surface area contributed by atoms with Crippen LogP contribution in [-0.4, -0.2) is 19.8 Å². The molecule has 0 aromatic carbocycles. The third-order valence-corrected chi connectivity index (χ3v) is 2.76. The van der Waals surface area contributed by atoms with Crippen molar-refractivity contribution in [3.8, 4) is 5.75 Å². The Labute approximate surface area is 97.4 Å². The maximum absolute atomic E-state index is 11.9. The standard InChI is InChI=1S/C6H2Cl2F3NO3S/c7-3-1-2-12-5(16(8,13)14)4(3)15-6(9,10)11/h1-2H. The first-order chi connectivity index (χ1) is 7.11. The molecule has 10 heteroatoms. The van der Waals surface area contributed by atoms with Gasteiger partial charge in [-0.25, -0.2) is 13.4 Å². The predicted octanol–water partition coefficient (Wildman–Crippen LogP) is 2.56. The third-order valence-electron chi connectivity index (χ3n) is 1.27. The molecule has 1 aromatic heterocycles. The molecule has 1 heterocycles. The molecule has 0 bridgehead atoms. The van der Waals surface area contributed by atoms with Gasteiger partial charge in [0, 0.05) is 16.9 Å². The first-order valence-electron chi connectivity index (χ1n) is 3.46. The van der Waals surface area contributed by atoms with Crippen LogP contribution in [0.15, 0.2) is 17.3 Å². The van der Waals surface area contributed by atoms with Crippen molar-refractivity contribution in [2.24, 2.45) is 0 Å². The molecular formula is C6H2Cl2F3NO3S. The fourth-order valence-corrected chi connectivity index (χ4v) is 1.92. The molecule has 4 nitrogen and oxygen atoms in total. The van der Waals surface area contributed by atoms with Crippen LogP contribution < -0.4 is 4.74 Å². The molecule has 0 amide bonds. The lowest BCUT2D eigenvalue weighted by atomic mass is 10.4. The number of aromatic nitrogens is 1. The number of rotatable bonds is 2. The molecule has 16 heavy (non-hydrogen) atoms. The van der Waals surface area contributed by atoms with Crippen LogP contribution in [0.5, 0.6) is 5.75 Å². The van der Waals surface area contributed by atoms with Crippen LogP contribution in [0.4, 0.5) is 13.2 Å². The van der Waals surface area contributed by atoms with Crippen molar-refractivity contribution in [2.75, 3.05) is 0 Å². The molecule has 0 aliphatic rings. The fourth-order valence-electron chi connectivity index (χ4n) is 0.789. The molecule has 1 aromatic rings. The third kappa shape index (κ3) is 3.39. The van der Waals surface area contributed by atoms with Gasteiger partial charge in [-0.3, -0.25) is 0 Å². The zero-order valence-electron chi connectivity index (χ0n) is 7.12. The number of halogens is 5. The molecular weight excluding hydrogens is 294 g/mol. The van der Waals surface area contributed by atoms with E-state index in [1.165, 1.54) is 0 Å². The van der Waals surface area contributed by atoms with Crippen molar-refractivity contribution in [1.82, 2.24) is 4.98 Å². The Hall–Kier alpha value is -0.730. The minimum absolute atomic E-state index is 0.563. The van der Waals surface area contributed by atoms with Crippen molar-refractivity contribution in [3.63, 3.8) is 0 Å². The number of pyridine rings is 1. The predicted molar refractivity (Wildman–Crippen MR) is 49.0 cm³/mol. The Kier molecular flexibility index (Phi) is 3.56. The first-order valence-corrected chi connectivity index (χ1v) is 6.15. The second kappa shape index (κ2) is 4.27. The van der Waals surface area contributed by atoms with E-state index in [4.69, 9.17) is 22.3 Å². The van der Waals surface area contributed by atoms with E-state index in [1.807, 2.05) is 0 Å². The topological polar surface area (TPSA) is 56.3 Å². The molecule has 1 rings (SSSR count). The SMILES string of the molecule is O=S(=O)(Cl)c1nccc(Cl)c1OC(F)(F)F. The van der Waals surface area contributed by atoms with Crippen LogP contribution in [0, 0.1) is 0 Å². The number of nitrogens with zero attached hydrogens (tertiary/aromatic N) is 1. The Morgan fingerprint density at radius 2 is 1.94 bits per heavy atom. The van der Waals surface area contributed by atoms with E-state index in [0.29, 0.717) is 0 Å². The summed E-state index contributed by atoms with van der Waals surface area (Å²) in [6.07, 6.45) is -4.20. The molecule has 90 valence electrons. The molecule has 0 spiro atoms. The summed E-state index contributed by atoms with van der Waals surface area (Å²) in [7, 11) is 0.392. The van der Waals surface area contributed by atoms with Gasteiger partial charge in [0.1, 0.15) is 0 Å². The summed E-state index contributed by atoms with van der Waals surface area (Å²) in [6, 6.07) is 0.939. The van der Waals surface area contributed by atoms with E-state index in [2.05, 4.69) is 9.72 Å². The van der Waals surface area contributed by atoms with Gasteiger partial charge in [-0.1, -0.05) is 11.6 Å². The Balaban J connectivity index is 3.36. The summed E-state index contributed by atoms with van der Waals surface area (Å²) >= 11 is 5.35. The van der Waals surface area contributed by atoms with E-state index in [1.54, 1.807) is 0 Å². The van der Waals surface area contributed by atoms with Gasteiger partial charge in [0.05, 0.1) is 5.02 Å². The van der Waals surface area contributed by atoms with Gasteiger partial charge in [0.2, 0.25) is 5.03 Å². The van der Waals surface area contributed by atoms with E-state index >= 15 is 0 Å². The molecule has 0 fully saturated rings. The highest BCUT2D eigenvalue weighted by atomic mass is 35.7. The van der Waals surface area contributed by atoms with Crippen LogP contribution in [-0.2, 0) is 9.05 Å². The van der Waals surface area contributed by atoms with Crippen molar-refractivity contribution in [3.05, 3.63) is 17.3 Å². The monoisotopic (exact) mass is 295 g/mol. The number of alkyl halides is 3. The number of ether oxygens (including phenoxy) is 1. The minimum Gasteiger partial charge on any atom is -0.401 e. The highest BCUT2D eigenvalue weighted by molar-refractivity contribution is 8.13. The molecule has 0 atom stereocenters. The van der Waals surface area contributed by atoms with Gasteiger partial charge in [0.25, 0.3) is 9.05 Å². The highest BCUT2D eigenvalue weighted by Crippen LogP contribution is 2.35. The summed E-state index contributed by atoms with van der Waals surface area (Å²) in [5.41, 5.74) is 0. The second-order valence-corrected chi connectivity index (χ2v) is 5.30. The number of hydrogen-bond acceptors (Lipinski definition) is 4. The summed E-state index contributed by atoms with van der Waals surface area (Å²) < 4.78 is 61.0. The average molecular weight is 296 g/mol. The normalized spacial score (nSPS) is 12.6. The Morgan fingerprint density at radius 3 is 2.38 bits per heavy atom. The maximum Gasteiger partial charge on any atom is 0.573 e. The maximum atomic E-state index is 11.9. The van der Waals surface area contributed by atoms with Gasteiger partial charge < -0.3 is 4.74 Å². The summed E-state index contributed by atoms with van der Waals surface area (Å²) in [6.45, 7) is 0. The van der Waals surface area contributed by atoms with Crippen molar-refractivity contribution < 1.29 is 26.3 Å². The zero-order valence-corrected chi connectivity index (χ0v) is 9.45. The van der Waals surface area contributed by atoms with Gasteiger partial charge in [-0.15, -0.1) is 13.2 Å². The van der Waals surface area contributed by atoms with Crippen LogP contribution in [0.2, 0.25) is 5.02 Å². The Bertz CT molecular complexity index is 502. The lowest BCUT2D eigenvalue weighted by molar-refractivity contribution is -0.275. The fraction of sp³-hybridized carbons (Fsp3) is 0.167. The average Bonchev–Trinajstić information content (AvgIpc) is 2.04. The minimum atomic E-state index is -5.09. The quantitative estimate of drug-likeness (QED) is 0.787. The molecule has 0 saturated heterocycles. The molecule has 0 saturated carbocycles. The number of hydrogen-bond donors (Lipinski definition) is 0. The van der Waals surface area contributed by atoms with Gasteiger partial charge in [-0.05, 0) is 6.07 Å². The van der Waals surface area contributed by atoms with E-state index in [0.717, 1.165) is 12.3 Å². The van der Waals surface area contributed by atoms with Crippen molar-refractivity contribution >= 4 is 31.3 Å². The Morgan fingerprint density at radius 1 is 1.38 bits per heavy atom. The zero-order chi connectivity index (χ0) is 12.6. The van der Waals surface area contributed by atoms with Gasteiger partial charge >= 0.3 is 6.36 Å². The van der Waals surface area contributed by atoms with E-state index in [9.17, 15) is 21.6 Å². The van der Waals surface area contributed by atoms with Crippen LogP contribution in [0.3, 0.4) is 0 Å². The molecule has 0 radical (unpaired) electrons. The van der Waals surface area contributed by atoms with Crippen LogP contribution in [0.25, 0.3) is 0 Å².